The lowest BCUT2D eigenvalue weighted by Gasteiger charge is -2.08. The third-order valence-electron chi connectivity index (χ3n) is 2.65. The Hall–Kier alpha value is -1.87. The molecular formula is C14H13ClN2O. The number of hydrogen-bond acceptors (Lipinski definition) is 2. The van der Waals surface area contributed by atoms with E-state index in [9.17, 15) is 4.79 Å². The molecule has 3 nitrogen and oxygen atoms in total. The van der Waals surface area contributed by atoms with Crippen molar-refractivity contribution in [1.29, 1.82) is 0 Å². The van der Waals surface area contributed by atoms with Gasteiger partial charge >= 0.3 is 0 Å². The molecule has 1 heterocycles. The second-order valence-corrected chi connectivity index (χ2v) is 4.40. The summed E-state index contributed by atoms with van der Waals surface area (Å²) in [7, 11) is 0. The number of halogens is 1. The van der Waals surface area contributed by atoms with E-state index < -0.39 is 0 Å². The molecule has 92 valence electrons. The summed E-state index contributed by atoms with van der Waals surface area (Å²) in [6, 6.07) is 10.9. The molecule has 1 aromatic carbocycles. The van der Waals surface area contributed by atoms with Crippen LogP contribution in [0.5, 0.6) is 0 Å². The zero-order chi connectivity index (χ0) is 13.0. The number of aromatic nitrogens is 1. The maximum absolute atomic E-state index is 11.8. The van der Waals surface area contributed by atoms with E-state index in [1.165, 1.54) is 0 Å². The van der Waals surface area contributed by atoms with E-state index in [2.05, 4.69) is 10.3 Å². The number of benzene rings is 1. The molecule has 0 aliphatic rings. The predicted molar refractivity (Wildman–Crippen MR) is 71.6 cm³/mol. The Morgan fingerprint density at radius 3 is 2.89 bits per heavy atom. The third kappa shape index (κ3) is 3.08. The van der Waals surface area contributed by atoms with Crippen LogP contribution in [0.3, 0.4) is 0 Å². The van der Waals surface area contributed by atoms with Crippen molar-refractivity contribution in [3.05, 3.63) is 64.4 Å². The molecule has 1 N–H and O–H groups in total. The molecule has 0 atom stereocenters. The van der Waals surface area contributed by atoms with Crippen LogP contribution < -0.4 is 5.32 Å². The van der Waals surface area contributed by atoms with Gasteiger partial charge in [-0.25, -0.2) is 0 Å². The molecule has 1 amide bonds. The van der Waals surface area contributed by atoms with Crippen LogP contribution in [0.25, 0.3) is 0 Å². The summed E-state index contributed by atoms with van der Waals surface area (Å²) in [4.78, 5) is 15.8. The fraction of sp³-hybridized carbons (Fsp3) is 0.143. The zero-order valence-electron chi connectivity index (χ0n) is 9.98. The van der Waals surface area contributed by atoms with Gasteiger partial charge in [0.05, 0.1) is 0 Å². The number of carbonyl (C=O) groups is 1. The van der Waals surface area contributed by atoms with Crippen LogP contribution in [0.15, 0.2) is 42.6 Å². The zero-order valence-corrected chi connectivity index (χ0v) is 10.7. The second-order valence-electron chi connectivity index (χ2n) is 3.97. The average molecular weight is 261 g/mol. The van der Waals surface area contributed by atoms with Gasteiger partial charge in [0.1, 0.15) is 5.69 Å². The molecule has 0 saturated heterocycles. The molecule has 0 unspecified atom stereocenters. The largest absolute Gasteiger partial charge is 0.347 e. The van der Waals surface area contributed by atoms with Gasteiger partial charge in [-0.3, -0.25) is 9.78 Å². The normalized spacial score (nSPS) is 10.1. The highest BCUT2D eigenvalue weighted by atomic mass is 35.5. The van der Waals surface area contributed by atoms with E-state index in [4.69, 9.17) is 11.6 Å². The number of aryl methyl sites for hydroxylation is 1. The van der Waals surface area contributed by atoms with Crippen LogP contribution in [-0.4, -0.2) is 10.9 Å². The standard InChI is InChI=1S/C14H13ClN2O/c1-10-5-6-12(15)8-11(10)9-17-14(18)13-4-2-3-7-16-13/h2-8H,9H2,1H3,(H,17,18). The summed E-state index contributed by atoms with van der Waals surface area (Å²) in [6.45, 7) is 2.43. The highest BCUT2D eigenvalue weighted by molar-refractivity contribution is 6.30. The van der Waals surface area contributed by atoms with E-state index in [0.717, 1.165) is 11.1 Å². The van der Waals surface area contributed by atoms with Crippen molar-refractivity contribution in [2.24, 2.45) is 0 Å². The highest BCUT2D eigenvalue weighted by Crippen LogP contribution is 2.15. The minimum absolute atomic E-state index is 0.185. The van der Waals surface area contributed by atoms with Gasteiger partial charge in [0, 0.05) is 17.8 Å². The van der Waals surface area contributed by atoms with Gasteiger partial charge in [0.25, 0.3) is 5.91 Å². The molecule has 0 aliphatic carbocycles. The Labute approximate surface area is 111 Å². The lowest BCUT2D eigenvalue weighted by Crippen LogP contribution is -2.24. The monoisotopic (exact) mass is 260 g/mol. The fourth-order valence-electron chi connectivity index (χ4n) is 1.59. The van der Waals surface area contributed by atoms with Gasteiger partial charge in [-0.15, -0.1) is 0 Å². The molecular weight excluding hydrogens is 248 g/mol. The number of nitrogens with one attached hydrogen (secondary N) is 1. The summed E-state index contributed by atoms with van der Waals surface area (Å²) in [6.07, 6.45) is 1.60. The van der Waals surface area contributed by atoms with Crippen molar-refractivity contribution < 1.29 is 4.79 Å². The Bertz CT molecular complexity index is 555. The molecule has 2 aromatic rings. The summed E-state index contributed by atoms with van der Waals surface area (Å²) in [5, 5.41) is 3.49. The third-order valence-corrected chi connectivity index (χ3v) is 2.88. The first-order valence-corrected chi connectivity index (χ1v) is 5.99. The molecule has 0 radical (unpaired) electrons. The Balaban J connectivity index is 2.04. The van der Waals surface area contributed by atoms with Gasteiger partial charge in [-0.1, -0.05) is 23.7 Å². The number of hydrogen-bond donors (Lipinski definition) is 1. The molecule has 0 spiro atoms. The summed E-state index contributed by atoms with van der Waals surface area (Å²) in [5.41, 5.74) is 2.52. The van der Waals surface area contributed by atoms with E-state index >= 15 is 0 Å². The smallest absolute Gasteiger partial charge is 0.270 e. The van der Waals surface area contributed by atoms with Gasteiger partial charge < -0.3 is 5.32 Å². The maximum atomic E-state index is 11.8. The summed E-state index contributed by atoms with van der Waals surface area (Å²) in [5.74, 6) is -0.185. The van der Waals surface area contributed by atoms with Crippen LogP contribution >= 0.6 is 11.6 Å². The number of pyridine rings is 1. The highest BCUT2D eigenvalue weighted by Gasteiger charge is 2.06. The summed E-state index contributed by atoms with van der Waals surface area (Å²) >= 11 is 5.92. The number of carbonyl (C=O) groups excluding carboxylic acids is 1. The Morgan fingerprint density at radius 1 is 1.33 bits per heavy atom. The lowest BCUT2D eigenvalue weighted by molar-refractivity contribution is 0.0946. The first kappa shape index (κ1) is 12.6. The van der Waals surface area contributed by atoms with E-state index in [1.54, 1.807) is 24.4 Å². The van der Waals surface area contributed by atoms with E-state index in [1.807, 2.05) is 25.1 Å². The van der Waals surface area contributed by atoms with Gasteiger partial charge in [-0.2, -0.15) is 0 Å². The molecule has 0 saturated carbocycles. The Morgan fingerprint density at radius 2 is 2.17 bits per heavy atom. The molecule has 2 rings (SSSR count). The predicted octanol–water partition coefficient (Wildman–Crippen LogP) is 2.97. The van der Waals surface area contributed by atoms with Crippen molar-refractivity contribution in [2.75, 3.05) is 0 Å². The van der Waals surface area contributed by atoms with Gasteiger partial charge in [-0.05, 0) is 42.3 Å². The topological polar surface area (TPSA) is 42.0 Å². The van der Waals surface area contributed by atoms with Crippen molar-refractivity contribution in [3.63, 3.8) is 0 Å². The second kappa shape index (κ2) is 5.65. The number of nitrogens with zero attached hydrogens (tertiary/aromatic N) is 1. The van der Waals surface area contributed by atoms with Crippen molar-refractivity contribution >= 4 is 17.5 Å². The summed E-state index contributed by atoms with van der Waals surface area (Å²) < 4.78 is 0. The lowest BCUT2D eigenvalue weighted by atomic mass is 10.1. The molecule has 0 aliphatic heterocycles. The van der Waals surface area contributed by atoms with Crippen LogP contribution in [0.1, 0.15) is 21.6 Å². The molecule has 0 fully saturated rings. The average Bonchev–Trinajstić information content (AvgIpc) is 2.40. The molecule has 1 aromatic heterocycles. The SMILES string of the molecule is Cc1ccc(Cl)cc1CNC(=O)c1ccccn1. The maximum Gasteiger partial charge on any atom is 0.270 e. The fourth-order valence-corrected chi connectivity index (χ4v) is 1.79. The Kier molecular flexibility index (Phi) is 3.95. The minimum Gasteiger partial charge on any atom is -0.347 e. The van der Waals surface area contributed by atoms with Gasteiger partial charge in [0.15, 0.2) is 0 Å². The first-order chi connectivity index (χ1) is 8.66. The minimum atomic E-state index is -0.185. The van der Waals surface area contributed by atoms with Crippen molar-refractivity contribution in [3.8, 4) is 0 Å². The molecule has 18 heavy (non-hydrogen) atoms. The molecule has 4 heteroatoms. The van der Waals surface area contributed by atoms with E-state index in [0.29, 0.717) is 17.3 Å². The first-order valence-electron chi connectivity index (χ1n) is 5.61. The quantitative estimate of drug-likeness (QED) is 0.922. The van der Waals surface area contributed by atoms with Crippen LogP contribution in [-0.2, 0) is 6.54 Å². The number of amides is 1. The van der Waals surface area contributed by atoms with E-state index in [-0.39, 0.29) is 5.91 Å². The van der Waals surface area contributed by atoms with Crippen molar-refractivity contribution in [1.82, 2.24) is 10.3 Å². The van der Waals surface area contributed by atoms with Crippen LogP contribution in [0, 0.1) is 6.92 Å². The van der Waals surface area contributed by atoms with Gasteiger partial charge in [0.2, 0.25) is 0 Å². The van der Waals surface area contributed by atoms with Crippen LogP contribution in [0.4, 0.5) is 0 Å². The van der Waals surface area contributed by atoms with Crippen molar-refractivity contribution in [2.45, 2.75) is 13.5 Å². The number of rotatable bonds is 3. The van der Waals surface area contributed by atoms with Crippen LogP contribution in [0.2, 0.25) is 5.02 Å². The molecule has 0 bridgehead atoms.